The Morgan fingerprint density at radius 1 is 1.14 bits per heavy atom. The second-order valence-electron chi connectivity index (χ2n) is 6.91. The lowest BCUT2D eigenvalue weighted by molar-refractivity contribution is 0.102. The van der Waals surface area contributed by atoms with E-state index in [9.17, 15) is 17.6 Å². The number of halogens is 1. The molecule has 0 aromatic heterocycles. The second-order valence-corrected chi connectivity index (χ2v) is 8.85. The van der Waals surface area contributed by atoms with E-state index in [0.717, 1.165) is 12.8 Å². The Labute approximate surface area is 164 Å². The summed E-state index contributed by atoms with van der Waals surface area (Å²) in [5, 5.41) is 2.63. The maximum absolute atomic E-state index is 13.0. The minimum absolute atomic E-state index is 0.0482. The number of hydrogen-bond donors (Lipinski definition) is 1. The molecular weight excluding hydrogens is 383 g/mol. The van der Waals surface area contributed by atoms with Crippen LogP contribution >= 0.6 is 0 Å². The van der Waals surface area contributed by atoms with Gasteiger partial charge < -0.3 is 10.1 Å². The van der Waals surface area contributed by atoms with Gasteiger partial charge in [-0.3, -0.25) is 4.79 Å². The van der Waals surface area contributed by atoms with Gasteiger partial charge in [0.25, 0.3) is 5.91 Å². The van der Waals surface area contributed by atoms with Gasteiger partial charge in [0, 0.05) is 18.8 Å². The number of hydrogen-bond acceptors (Lipinski definition) is 4. The molecule has 1 amide bonds. The summed E-state index contributed by atoms with van der Waals surface area (Å²) in [6, 6.07) is 9.55. The summed E-state index contributed by atoms with van der Waals surface area (Å²) < 4.78 is 45.7. The molecule has 0 unspecified atom stereocenters. The first-order valence-electron chi connectivity index (χ1n) is 9.06. The molecule has 3 rings (SSSR count). The zero-order valence-electron chi connectivity index (χ0n) is 15.8. The van der Waals surface area contributed by atoms with Crippen molar-refractivity contribution in [2.24, 2.45) is 5.92 Å². The zero-order valence-corrected chi connectivity index (χ0v) is 16.6. The lowest BCUT2D eigenvalue weighted by Crippen LogP contribution is -2.37. The third-order valence-corrected chi connectivity index (χ3v) is 6.79. The monoisotopic (exact) mass is 406 g/mol. The highest BCUT2D eigenvalue weighted by Crippen LogP contribution is 2.28. The summed E-state index contributed by atoms with van der Waals surface area (Å²) in [6.07, 6.45) is 1.63. The molecule has 0 atom stereocenters. The van der Waals surface area contributed by atoms with Gasteiger partial charge in [-0.2, -0.15) is 4.31 Å². The van der Waals surface area contributed by atoms with Crippen LogP contribution in [-0.4, -0.2) is 38.8 Å². The number of ether oxygens (including phenoxy) is 1. The molecule has 1 aliphatic heterocycles. The van der Waals surface area contributed by atoms with E-state index in [2.05, 4.69) is 12.2 Å². The van der Waals surface area contributed by atoms with Crippen molar-refractivity contribution in [1.29, 1.82) is 0 Å². The Morgan fingerprint density at radius 2 is 1.79 bits per heavy atom. The van der Waals surface area contributed by atoms with E-state index in [4.69, 9.17) is 4.74 Å². The van der Waals surface area contributed by atoms with Crippen LogP contribution in [0.15, 0.2) is 47.4 Å². The molecule has 2 aromatic carbocycles. The molecule has 1 fully saturated rings. The van der Waals surface area contributed by atoms with Crippen LogP contribution in [0.1, 0.15) is 30.1 Å². The smallest absolute Gasteiger partial charge is 0.259 e. The van der Waals surface area contributed by atoms with Gasteiger partial charge in [-0.1, -0.05) is 6.92 Å². The van der Waals surface area contributed by atoms with Crippen LogP contribution in [-0.2, 0) is 10.0 Å². The number of carbonyl (C=O) groups is 1. The summed E-state index contributed by atoms with van der Waals surface area (Å²) in [4.78, 5) is 12.7. The summed E-state index contributed by atoms with van der Waals surface area (Å²) in [5.41, 5.74) is 0.491. The van der Waals surface area contributed by atoms with Crippen LogP contribution in [0.3, 0.4) is 0 Å². The zero-order chi connectivity index (χ0) is 20.3. The van der Waals surface area contributed by atoms with Crippen molar-refractivity contribution in [2.75, 3.05) is 25.5 Å². The summed E-state index contributed by atoms with van der Waals surface area (Å²) in [7, 11) is -2.29. The van der Waals surface area contributed by atoms with Gasteiger partial charge in [0.2, 0.25) is 10.0 Å². The van der Waals surface area contributed by atoms with Gasteiger partial charge in [0.05, 0.1) is 17.6 Å². The Morgan fingerprint density at radius 3 is 2.39 bits per heavy atom. The normalized spacial score (nSPS) is 16.0. The molecule has 0 radical (unpaired) electrons. The van der Waals surface area contributed by atoms with E-state index in [-0.39, 0.29) is 16.2 Å². The standard InChI is InChI=1S/C20H23FN2O4S/c1-14-9-11-23(12-10-14)28(25,26)17-7-8-19(27-2)18(13-17)20(24)22-16-5-3-15(21)4-6-16/h3-8,13-14H,9-12H2,1-2H3,(H,22,24). The van der Waals surface area contributed by atoms with Crippen molar-refractivity contribution < 1.29 is 22.3 Å². The van der Waals surface area contributed by atoms with Crippen molar-refractivity contribution in [3.05, 3.63) is 53.8 Å². The predicted octanol–water partition coefficient (Wildman–Crippen LogP) is 3.51. The van der Waals surface area contributed by atoms with Gasteiger partial charge in [-0.05, 0) is 61.2 Å². The molecule has 0 aliphatic carbocycles. The van der Waals surface area contributed by atoms with Crippen molar-refractivity contribution >= 4 is 21.6 Å². The summed E-state index contributed by atoms with van der Waals surface area (Å²) in [6.45, 7) is 3.04. The predicted molar refractivity (Wildman–Crippen MR) is 105 cm³/mol. The fourth-order valence-electron chi connectivity index (χ4n) is 3.13. The Bertz CT molecular complexity index is 953. The SMILES string of the molecule is COc1ccc(S(=O)(=O)N2CCC(C)CC2)cc1C(=O)Nc1ccc(F)cc1. The first kappa shape index (κ1) is 20.3. The van der Waals surface area contributed by atoms with Crippen LogP contribution in [0.25, 0.3) is 0 Å². The first-order valence-corrected chi connectivity index (χ1v) is 10.5. The highest BCUT2D eigenvalue weighted by Gasteiger charge is 2.29. The largest absolute Gasteiger partial charge is 0.496 e. The van der Waals surface area contributed by atoms with Crippen molar-refractivity contribution in [3.63, 3.8) is 0 Å². The van der Waals surface area contributed by atoms with Gasteiger partial charge in [0.1, 0.15) is 11.6 Å². The first-order chi connectivity index (χ1) is 13.3. The number of amides is 1. The van der Waals surface area contributed by atoms with E-state index < -0.39 is 21.7 Å². The van der Waals surface area contributed by atoms with E-state index in [1.165, 1.54) is 53.9 Å². The maximum atomic E-state index is 13.0. The number of benzene rings is 2. The van der Waals surface area contributed by atoms with Crippen molar-refractivity contribution in [1.82, 2.24) is 4.31 Å². The fraction of sp³-hybridized carbons (Fsp3) is 0.350. The summed E-state index contributed by atoms with van der Waals surface area (Å²) >= 11 is 0. The third-order valence-electron chi connectivity index (χ3n) is 4.90. The van der Waals surface area contributed by atoms with Crippen LogP contribution in [0.4, 0.5) is 10.1 Å². The molecule has 150 valence electrons. The number of nitrogens with one attached hydrogen (secondary N) is 1. The Kier molecular flexibility index (Phi) is 6.00. The molecule has 1 heterocycles. The molecule has 8 heteroatoms. The lowest BCUT2D eigenvalue weighted by atomic mass is 10.0. The highest BCUT2D eigenvalue weighted by molar-refractivity contribution is 7.89. The molecule has 1 N–H and O–H groups in total. The average molecular weight is 406 g/mol. The molecule has 28 heavy (non-hydrogen) atoms. The van der Waals surface area contributed by atoms with Gasteiger partial charge in [-0.15, -0.1) is 0 Å². The van der Waals surface area contributed by atoms with Crippen LogP contribution < -0.4 is 10.1 Å². The van der Waals surface area contributed by atoms with Crippen LogP contribution in [0, 0.1) is 11.7 Å². The van der Waals surface area contributed by atoms with E-state index in [1.54, 1.807) is 0 Å². The van der Waals surface area contributed by atoms with E-state index in [0.29, 0.717) is 24.7 Å². The molecule has 1 saturated heterocycles. The fourth-order valence-corrected chi connectivity index (χ4v) is 4.63. The number of nitrogens with zero attached hydrogens (tertiary/aromatic N) is 1. The minimum Gasteiger partial charge on any atom is -0.496 e. The number of carbonyl (C=O) groups excluding carboxylic acids is 1. The number of piperidine rings is 1. The lowest BCUT2D eigenvalue weighted by Gasteiger charge is -2.29. The topological polar surface area (TPSA) is 75.7 Å². The van der Waals surface area contributed by atoms with Crippen molar-refractivity contribution in [2.45, 2.75) is 24.7 Å². The minimum atomic E-state index is -3.70. The quantitative estimate of drug-likeness (QED) is 0.825. The van der Waals surface area contributed by atoms with Crippen molar-refractivity contribution in [3.8, 4) is 5.75 Å². The average Bonchev–Trinajstić information content (AvgIpc) is 2.69. The number of anilines is 1. The molecule has 6 nitrogen and oxygen atoms in total. The van der Waals surface area contributed by atoms with Crippen LogP contribution in [0.5, 0.6) is 5.75 Å². The number of sulfonamides is 1. The Hall–Kier alpha value is -2.45. The van der Waals surface area contributed by atoms with Gasteiger partial charge in [-0.25, -0.2) is 12.8 Å². The molecule has 0 bridgehead atoms. The number of methoxy groups -OCH3 is 1. The molecule has 2 aromatic rings. The van der Waals surface area contributed by atoms with Gasteiger partial charge >= 0.3 is 0 Å². The molecule has 0 spiro atoms. The Balaban J connectivity index is 1.89. The molecular formula is C20H23FN2O4S. The second kappa shape index (κ2) is 8.28. The maximum Gasteiger partial charge on any atom is 0.259 e. The van der Waals surface area contributed by atoms with E-state index >= 15 is 0 Å². The third kappa shape index (κ3) is 4.34. The van der Waals surface area contributed by atoms with Gasteiger partial charge in [0.15, 0.2) is 0 Å². The molecule has 1 aliphatic rings. The highest BCUT2D eigenvalue weighted by atomic mass is 32.2. The summed E-state index contributed by atoms with van der Waals surface area (Å²) in [5.74, 6) is -0.197. The number of rotatable bonds is 5. The van der Waals surface area contributed by atoms with Crippen LogP contribution in [0.2, 0.25) is 0 Å². The molecule has 0 saturated carbocycles. The van der Waals surface area contributed by atoms with E-state index in [1.807, 2.05) is 0 Å².